The molecule has 0 aliphatic carbocycles. The van der Waals surface area contributed by atoms with Gasteiger partial charge in [-0.05, 0) is 25.2 Å². The van der Waals surface area contributed by atoms with E-state index in [1.807, 2.05) is 6.92 Å². The lowest BCUT2D eigenvalue weighted by molar-refractivity contribution is -0.113. The highest BCUT2D eigenvalue weighted by molar-refractivity contribution is 8.23. The first-order valence-corrected chi connectivity index (χ1v) is 9.33. The largest absolute Gasteiger partial charge is 0.357 e. The Labute approximate surface area is 138 Å². The molecular weight excluding hydrogens is 324 g/mol. The summed E-state index contributed by atoms with van der Waals surface area (Å²) in [6.07, 6.45) is 3.19. The van der Waals surface area contributed by atoms with E-state index in [-0.39, 0.29) is 5.91 Å². The molecule has 0 spiro atoms. The molecule has 1 aliphatic heterocycles. The zero-order valence-electron chi connectivity index (χ0n) is 12.3. The maximum Gasteiger partial charge on any atom is 0.236 e. The highest BCUT2D eigenvalue weighted by Gasteiger charge is 2.19. The van der Waals surface area contributed by atoms with Gasteiger partial charge in [-0.2, -0.15) is 0 Å². The average Bonchev–Trinajstić information content (AvgIpc) is 2.93. The van der Waals surface area contributed by atoms with Crippen LogP contribution in [0.4, 0.5) is 5.13 Å². The number of carbonyl (C=O) groups excluding carboxylic acids is 1. The number of hydrogen-bond acceptors (Lipinski definition) is 6. The molecule has 5 nitrogen and oxygen atoms in total. The number of nitrogens with zero attached hydrogens (tertiary/aromatic N) is 3. The van der Waals surface area contributed by atoms with Gasteiger partial charge in [0.2, 0.25) is 11.0 Å². The summed E-state index contributed by atoms with van der Waals surface area (Å²) in [6.45, 7) is 6.29. The number of hydrogen-bond donors (Lipinski definition) is 1. The summed E-state index contributed by atoms with van der Waals surface area (Å²) in [7, 11) is 0. The van der Waals surface area contributed by atoms with E-state index < -0.39 is 0 Å². The van der Waals surface area contributed by atoms with Gasteiger partial charge in [0.25, 0.3) is 0 Å². The van der Waals surface area contributed by atoms with Crippen molar-refractivity contribution in [3.05, 3.63) is 5.01 Å². The molecule has 0 radical (unpaired) electrons. The zero-order valence-corrected chi connectivity index (χ0v) is 14.7. The first kappa shape index (κ1) is 16.6. The summed E-state index contributed by atoms with van der Waals surface area (Å²) in [5, 5.41) is 12.2. The minimum absolute atomic E-state index is 0.0773. The van der Waals surface area contributed by atoms with Crippen LogP contribution in [-0.2, 0) is 11.2 Å². The lowest BCUT2D eigenvalue weighted by Crippen LogP contribution is -2.36. The minimum atomic E-state index is -0.0773. The number of aryl methyl sites for hydroxylation is 1. The molecule has 21 heavy (non-hydrogen) atoms. The maximum absolute atomic E-state index is 11.9. The zero-order chi connectivity index (χ0) is 15.2. The average molecular weight is 345 g/mol. The van der Waals surface area contributed by atoms with Gasteiger partial charge in [0, 0.05) is 13.1 Å². The Bertz CT molecular complexity index is 497. The second-order valence-corrected chi connectivity index (χ2v) is 7.80. The fraction of sp³-hybridized carbons (Fsp3) is 0.692. The van der Waals surface area contributed by atoms with E-state index in [0.29, 0.717) is 10.9 Å². The van der Waals surface area contributed by atoms with Crippen molar-refractivity contribution in [2.45, 2.75) is 33.1 Å². The predicted octanol–water partition coefficient (Wildman–Crippen LogP) is 2.79. The molecule has 0 saturated carbocycles. The summed E-state index contributed by atoms with van der Waals surface area (Å²) >= 11 is 8.24. The lowest BCUT2D eigenvalue weighted by Gasteiger charge is -2.31. The molecule has 1 aromatic heterocycles. The van der Waals surface area contributed by atoms with Crippen LogP contribution in [0.2, 0.25) is 0 Å². The molecule has 0 bridgehead atoms. The first-order chi connectivity index (χ1) is 10.1. The summed E-state index contributed by atoms with van der Waals surface area (Å²) in [4.78, 5) is 14.1. The van der Waals surface area contributed by atoms with Crippen LogP contribution in [0.1, 0.15) is 31.7 Å². The number of thioether (sulfide) groups is 1. The monoisotopic (exact) mass is 344 g/mol. The third kappa shape index (κ3) is 5.19. The predicted molar refractivity (Wildman–Crippen MR) is 92.9 cm³/mol. The van der Waals surface area contributed by atoms with Crippen LogP contribution in [0.5, 0.6) is 0 Å². The smallest absolute Gasteiger partial charge is 0.236 e. The highest BCUT2D eigenvalue weighted by atomic mass is 32.2. The van der Waals surface area contributed by atoms with E-state index in [2.05, 4.69) is 27.3 Å². The van der Waals surface area contributed by atoms with Crippen LogP contribution in [0.25, 0.3) is 0 Å². The third-order valence-electron chi connectivity index (χ3n) is 3.38. The molecule has 1 aromatic rings. The fourth-order valence-corrected chi connectivity index (χ4v) is 3.76. The van der Waals surface area contributed by atoms with Crippen molar-refractivity contribution in [2.75, 3.05) is 24.2 Å². The standard InChI is InChI=1S/C13H20N4OS3/c1-3-11-15-16-12(21-11)14-10(18)8-20-13(19)17-6-4-9(2)5-7-17/h9H,3-8H2,1-2H3,(H,14,16,18). The number of rotatable bonds is 4. The number of thiocarbonyl (C=S) groups is 1. The van der Waals surface area contributed by atoms with Gasteiger partial charge in [0.1, 0.15) is 9.33 Å². The molecule has 0 unspecified atom stereocenters. The molecule has 0 atom stereocenters. The Hall–Kier alpha value is -0.730. The van der Waals surface area contributed by atoms with Gasteiger partial charge in [0.05, 0.1) is 5.75 Å². The number of anilines is 1. The van der Waals surface area contributed by atoms with E-state index in [1.54, 1.807) is 0 Å². The van der Waals surface area contributed by atoms with Crippen LogP contribution < -0.4 is 5.32 Å². The van der Waals surface area contributed by atoms with Crippen molar-refractivity contribution in [3.8, 4) is 0 Å². The number of aromatic nitrogens is 2. The highest BCUT2D eigenvalue weighted by Crippen LogP contribution is 2.21. The molecule has 2 rings (SSSR count). The van der Waals surface area contributed by atoms with Crippen molar-refractivity contribution < 1.29 is 4.79 Å². The third-order valence-corrected chi connectivity index (χ3v) is 5.89. The molecule has 0 aromatic carbocycles. The second-order valence-electron chi connectivity index (χ2n) is 5.13. The van der Waals surface area contributed by atoms with Crippen LogP contribution in [-0.4, -0.2) is 44.2 Å². The number of likely N-dealkylation sites (tertiary alicyclic amines) is 1. The fourth-order valence-electron chi connectivity index (χ4n) is 2.01. The van der Waals surface area contributed by atoms with E-state index in [9.17, 15) is 4.79 Å². The Morgan fingerprint density at radius 3 is 2.81 bits per heavy atom. The number of piperidine rings is 1. The number of amides is 1. The first-order valence-electron chi connectivity index (χ1n) is 7.12. The molecule has 2 heterocycles. The van der Waals surface area contributed by atoms with Crippen molar-refractivity contribution in [1.82, 2.24) is 15.1 Å². The van der Waals surface area contributed by atoms with Crippen molar-refractivity contribution in [2.24, 2.45) is 5.92 Å². The van der Waals surface area contributed by atoms with Crippen LogP contribution in [0, 0.1) is 5.92 Å². The molecule has 1 amide bonds. The van der Waals surface area contributed by atoms with Crippen molar-refractivity contribution >= 4 is 50.7 Å². The Morgan fingerprint density at radius 2 is 2.19 bits per heavy atom. The Morgan fingerprint density at radius 1 is 1.48 bits per heavy atom. The quantitative estimate of drug-likeness (QED) is 0.848. The summed E-state index contributed by atoms with van der Waals surface area (Å²) in [5.41, 5.74) is 0. The molecule has 1 saturated heterocycles. The molecule has 1 aliphatic rings. The molecule has 8 heteroatoms. The van der Waals surface area contributed by atoms with Gasteiger partial charge in [-0.3, -0.25) is 10.1 Å². The normalized spacial score (nSPS) is 16.0. The minimum Gasteiger partial charge on any atom is -0.357 e. The summed E-state index contributed by atoms with van der Waals surface area (Å²) in [5.74, 6) is 1.03. The second kappa shape index (κ2) is 8.05. The van der Waals surface area contributed by atoms with Crippen molar-refractivity contribution in [1.29, 1.82) is 0 Å². The Balaban J connectivity index is 1.72. The number of carbonyl (C=O) groups is 1. The summed E-state index contributed by atoms with van der Waals surface area (Å²) < 4.78 is 0.823. The van der Waals surface area contributed by atoms with Gasteiger partial charge in [-0.15, -0.1) is 10.2 Å². The van der Waals surface area contributed by atoms with Gasteiger partial charge in [-0.1, -0.05) is 49.2 Å². The summed E-state index contributed by atoms with van der Waals surface area (Å²) in [6, 6.07) is 0. The molecule has 116 valence electrons. The number of nitrogens with one attached hydrogen (secondary N) is 1. The van der Waals surface area contributed by atoms with Crippen molar-refractivity contribution in [3.63, 3.8) is 0 Å². The van der Waals surface area contributed by atoms with E-state index in [4.69, 9.17) is 12.2 Å². The van der Waals surface area contributed by atoms with Gasteiger partial charge in [-0.25, -0.2) is 0 Å². The van der Waals surface area contributed by atoms with Crippen LogP contribution >= 0.6 is 35.3 Å². The van der Waals surface area contributed by atoms with Gasteiger partial charge < -0.3 is 4.90 Å². The van der Waals surface area contributed by atoms with E-state index in [0.717, 1.165) is 34.8 Å². The molecule has 1 fully saturated rings. The van der Waals surface area contributed by atoms with Crippen LogP contribution in [0.15, 0.2) is 0 Å². The topological polar surface area (TPSA) is 58.1 Å². The maximum atomic E-state index is 11.9. The molecular formula is C13H20N4OS3. The molecule has 1 N–H and O–H groups in total. The SMILES string of the molecule is CCc1nnc(NC(=O)CSC(=S)N2CCC(C)CC2)s1. The van der Waals surface area contributed by atoms with E-state index in [1.165, 1.54) is 35.9 Å². The van der Waals surface area contributed by atoms with Crippen LogP contribution in [0.3, 0.4) is 0 Å². The van der Waals surface area contributed by atoms with Gasteiger partial charge >= 0.3 is 0 Å². The van der Waals surface area contributed by atoms with E-state index >= 15 is 0 Å². The van der Waals surface area contributed by atoms with Gasteiger partial charge in [0.15, 0.2) is 0 Å². The lowest BCUT2D eigenvalue weighted by atomic mass is 10.00. The Kier molecular flexibility index (Phi) is 6.38.